The molecule has 3 nitrogen and oxygen atoms in total. The van der Waals surface area contributed by atoms with Gasteiger partial charge < -0.3 is 9.13 Å². The average molecular weight is 750 g/mol. The van der Waals surface area contributed by atoms with Gasteiger partial charge in [-0.15, -0.1) is 0 Å². The third kappa shape index (κ3) is 5.60. The van der Waals surface area contributed by atoms with Crippen LogP contribution in [-0.4, -0.2) is 9.13 Å². The largest absolute Gasteiger partial charge is 0.416 e. The topological polar surface area (TPSA) is 33.6 Å². The molecule has 0 saturated heterocycles. The molecule has 0 unspecified atom stereocenters. The minimum Gasteiger partial charge on any atom is -0.309 e. The number of alkyl halides is 6. The number of hydrogen-bond acceptors (Lipinski definition) is 1. The van der Waals surface area contributed by atoms with E-state index in [0.717, 1.165) is 57.3 Å². The zero-order chi connectivity index (χ0) is 39.1. The van der Waals surface area contributed by atoms with Gasteiger partial charge in [-0.2, -0.15) is 31.6 Å². The highest BCUT2D eigenvalue weighted by Gasteiger charge is 2.32. The van der Waals surface area contributed by atoms with Crippen molar-refractivity contribution in [1.29, 1.82) is 5.26 Å². The first-order chi connectivity index (χ1) is 26.8. The van der Waals surface area contributed by atoms with Gasteiger partial charge in [0.05, 0.1) is 50.5 Å². The van der Waals surface area contributed by atoms with Crippen LogP contribution in [0.15, 0.2) is 140 Å². The molecule has 274 valence electrons. The molecular formula is C47H29F6N3. The van der Waals surface area contributed by atoms with Crippen LogP contribution in [0.2, 0.25) is 0 Å². The van der Waals surface area contributed by atoms with Crippen molar-refractivity contribution < 1.29 is 26.3 Å². The van der Waals surface area contributed by atoms with Gasteiger partial charge in [-0.05, 0) is 121 Å². The monoisotopic (exact) mass is 749 g/mol. The standard InChI is InChI=1S/C47H29F6N3/c1-27-11-18-43-38(21-27)35-7-3-5-9-41(35)55(43)32-15-17-34(33-16-13-30(22-28(33)2)46(48,49)50)37(25-32)39-23-29(26-54)12-19-44(39)56-42-10-6-4-8-36(42)40-24-31(47(51,52)53)14-20-45(40)56/h3-25H,1-2H3. The summed E-state index contributed by atoms with van der Waals surface area (Å²) in [4.78, 5) is 0. The Labute approximate surface area is 316 Å². The van der Waals surface area contributed by atoms with Gasteiger partial charge in [0.1, 0.15) is 0 Å². The number of nitrogens with zero attached hydrogens (tertiary/aromatic N) is 3. The van der Waals surface area contributed by atoms with Gasteiger partial charge in [0.2, 0.25) is 0 Å². The fourth-order valence-corrected chi connectivity index (χ4v) is 8.06. The fraction of sp³-hybridized carbons (Fsp3) is 0.0851. The molecule has 0 amide bonds. The normalized spacial score (nSPS) is 12.3. The summed E-state index contributed by atoms with van der Waals surface area (Å²) in [5.41, 5.74) is 7.07. The first-order valence-electron chi connectivity index (χ1n) is 17.8. The quantitative estimate of drug-likeness (QED) is 0.165. The van der Waals surface area contributed by atoms with E-state index in [4.69, 9.17) is 0 Å². The van der Waals surface area contributed by atoms with E-state index in [9.17, 15) is 31.6 Å². The highest BCUT2D eigenvalue weighted by atomic mass is 19.4. The van der Waals surface area contributed by atoms with Gasteiger partial charge in [-0.1, -0.05) is 60.2 Å². The van der Waals surface area contributed by atoms with Crippen LogP contribution >= 0.6 is 0 Å². The molecule has 0 bridgehead atoms. The van der Waals surface area contributed by atoms with Crippen LogP contribution in [0, 0.1) is 25.2 Å². The average Bonchev–Trinajstić information content (AvgIpc) is 3.69. The Morgan fingerprint density at radius 3 is 1.71 bits per heavy atom. The molecule has 0 aliphatic heterocycles. The molecule has 0 atom stereocenters. The summed E-state index contributed by atoms with van der Waals surface area (Å²) in [6.07, 6.45) is -9.10. The zero-order valence-corrected chi connectivity index (χ0v) is 29.9. The number of rotatable bonds is 4. The second kappa shape index (κ2) is 12.6. The summed E-state index contributed by atoms with van der Waals surface area (Å²) in [6, 6.07) is 42.0. The summed E-state index contributed by atoms with van der Waals surface area (Å²) in [5.74, 6) is 0. The van der Waals surface area contributed by atoms with Crippen molar-refractivity contribution in [3.63, 3.8) is 0 Å². The van der Waals surface area contributed by atoms with E-state index in [0.29, 0.717) is 60.9 Å². The summed E-state index contributed by atoms with van der Waals surface area (Å²) in [5, 5.41) is 13.3. The Morgan fingerprint density at radius 1 is 0.464 bits per heavy atom. The van der Waals surface area contributed by atoms with Crippen LogP contribution in [-0.2, 0) is 12.4 Å². The molecule has 9 heteroatoms. The van der Waals surface area contributed by atoms with Gasteiger partial charge in [0, 0.05) is 32.8 Å². The smallest absolute Gasteiger partial charge is 0.309 e. The van der Waals surface area contributed by atoms with Gasteiger partial charge in [0.25, 0.3) is 0 Å². The van der Waals surface area contributed by atoms with Gasteiger partial charge >= 0.3 is 12.4 Å². The second-order valence-corrected chi connectivity index (χ2v) is 14.1. The minimum atomic E-state index is -4.56. The second-order valence-electron chi connectivity index (χ2n) is 14.1. The van der Waals surface area contributed by atoms with E-state index in [2.05, 4.69) is 28.8 Å². The van der Waals surface area contributed by atoms with Crippen molar-refractivity contribution in [2.45, 2.75) is 26.2 Å². The van der Waals surface area contributed by atoms with E-state index in [1.807, 2.05) is 66.1 Å². The Kier molecular flexibility index (Phi) is 7.89. The van der Waals surface area contributed by atoms with Crippen molar-refractivity contribution in [1.82, 2.24) is 9.13 Å². The van der Waals surface area contributed by atoms with Crippen molar-refractivity contribution in [2.24, 2.45) is 0 Å². The molecular weight excluding hydrogens is 721 g/mol. The van der Waals surface area contributed by atoms with E-state index in [-0.39, 0.29) is 0 Å². The van der Waals surface area contributed by atoms with Crippen LogP contribution in [0.4, 0.5) is 26.3 Å². The van der Waals surface area contributed by atoms with Crippen molar-refractivity contribution in [3.8, 4) is 39.7 Å². The SMILES string of the molecule is Cc1ccc2c(c1)c1ccccc1n2-c1ccc(-c2ccc(C(F)(F)F)cc2C)c(-c2cc(C#N)ccc2-n2c3ccccc3c3cc(C(F)(F)F)ccc32)c1. The molecule has 0 fully saturated rings. The first-order valence-corrected chi connectivity index (χ1v) is 17.8. The van der Waals surface area contributed by atoms with Crippen LogP contribution < -0.4 is 0 Å². The number of aromatic nitrogens is 2. The number of fused-ring (bicyclic) bond motifs is 6. The lowest BCUT2D eigenvalue weighted by atomic mass is 9.89. The van der Waals surface area contributed by atoms with Gasteiger partial charge in [-0.25, -0.2) is 0 Å². The molecule has 0 N–H and O–H groups in total. The molecule has 0 saturated carbocycles. The number of aryl methyl sites for hydroxylation is 2. The molecule has 0 aliphatic rings. The Balaban J connectivity index is 1.39. The number of hydrogen-bond donors (Lipinski definition) is 0. The highest BCUT2D eigenvalue weighted by molar-refractivity contribution is 6.11. The van der Waals surface area contributed by atoms with Crippen LogP contribution in [0.1, 0.15) is 27.8 Å². The van der Waals surface area contributed by atoms with Gasteiger partial charge in [0.15, 0.2) is 0 Å². The number of halogens is 6. The summed E-state index contributed by atoms with van der Waals surface area (Å²) in [6.45, 7) is 3.67. The fourth-order valence-electron chi connectivity index (χ4n) is 8.06. The number of nitriles is 1. The Morgan fingerprint density at radius 2 is 1.04 bits per heavy atom. The Bertz CT molecular complexity index is 3100. The van der Waals surface area contributed by atoms with Crippen molar-refractivity contribution >= 4 is 43.6 Å². The maximum atomic E-state index is 14.0. The van der Waals surface area contributed by atoms with Crippen LogP contribution in [0.3, 0.4) is 0 Å². The third-order valence-electron chi connectivity index (χ3n) is 10.6. The number of benzene rings is 7. The maximum Gasteiger partial charge on any atom is 0.416 e. The lowest BCUT2D eigenvalue weighted by Gasteiger charge is -2.20. The molecule has 0 radical (unpaired) electrons. The van der Waals surface area contributed by atoms with Gasteiger partial charge in [-0.3, -0.25) is 0 Å². The molecule has 7 aromatic carbocycles. The van der Waals surface area contributed by atoms with E-state index in [1.54, 1.807) is 37.3 Å². The van der Waals surface area contributed by atoms with Crippen molar-refractivity contribution in [3.05, 3.63) is 167 Å². The summed E-state index contributed by atoms with van der Waals surface area (Å²) < 4.78 is 87.7. The predicted molar refractivity (Wildman–Crippen MR) is 210 cm³/mol. The van der Waals surface area contributed by atoms with Crippen LogP contribution in [0.25, 0.3) is 77.2 Å². The molecule has 0 aliphatic carbocycles. The zero-order valence-electron chi connectivity index (χ0n) is 29.9. The highest BCUT2D eigenvalue weighted by Crippen LogP contribution is 2.44. The maximum absolute atomic E-state index is 14.0. The van der Waals surface area contributed by atoms with E-state index >= 15 is 0 Å². The Hall–Kier alpha value is -6.79. The lowest BCUT2D eigenvalue weighted by Crippen LogP contribution is -2.05. The van der Waals surface area contributed by atoms with Crippen molar-refractivity contribution in [2.75, 3.05) is 0 Å². The summed E-state index contributed by atoms with van der Waals surface area (Å²) >= 11 is 0. The van der Waals surface area contributed by atoms with E-state index < -0.39 is 23.5 Å². The van der Waals surface area contributed by atoms with Crippen LogP contribution in [0.5, 0.6) is 0 Å². The molecule has 9 rings (SSSR count). The molecule has 0 spiro atoms. The first kappa shape index (κ1) is 34.9. The van der Waals surface area contributed by atoms with E-state index in [1.165, 1.54) is 12.1 Å². The minimum absolute atomic E-state index is 0.330. The molecule has 56 heavy (non-hydrogen) atoms. The lowest BCUT2D eigenvalue weighted by molar-refractivity contribution is -0.138. The molecule has 2 heterocycles. The predicted octanol–water partition coefficient (Wildman–Crippen LogP) is 13.7. The third-order valence-corrected chi connectivity index (χ3v) is 10.6. The number of para-hydroxylation sites is 2. The summed E-state index contributed by atoms with van der Waals surface area (Å²) in [7, 11) is 0. The molecule has 2 aromatic heterocycles. The molecule has 9 aromatic rings.